The molecule has 20 heavy (non-hydrogen) atoms. The van der Waals surface area contributed by atoms with E-state index in [0.717, 1.165) is 0 Å². The molecule has 0 aliphatic rings. The Bertz CT molecular complexity index is 0. The Labute approximate surface area is 143 Å². The lowest BCUT2D eigenvalue weighted by molar-refractivity contribution is 1.50. The first kappa shape index (κ1) is 201. The van der Waals surface area contributed by atoms with Crippen LogP contribution in [0.3, 0.4) is 0 Å². The normalized spacial score (nSPS) is 1.80. The van der Waals surface area contributed by atoms with Crippen molar-refractivity contribution in [1.29, 1.82) is 0 Å². The van der Waals surface area contributed by atoms with Gasteiger partial charge in [0, 0.05) is 0 Å². The standard InChI is InChI=1S/6C2H6.8CH4/c6*1-2;;;;;;;;/h6*1-2H3;8*1H4. The maximum atomic E-state index is 2.00. The van der Waals surface area contributed by atoms with E-state index in [9.17, 15) is 0 Å². The second-order valence-corrected chi connectivity index (χ2v) is 0. The Morgan fingerprint density at radius 3 is 0.150 bits per heavy atom. The van der Waals surface area contributed by atoms with E-state index >= 15 is 0 Å². The van der Waals surface area contributed by atoms with Crippen LogP contribution in [0.1, 0.15) is 142 Å². The zero-order valence-corrected chi connectivity index (χ0v) is 12.0. The molecule has 0 radical (unpaired) electrons. The lowest BCUT2D eigenvalue weighted by Gasteiger charge is -1.07. The summed E-state index contributed by atoms with van der Waals surface area (Å²) in [6.07, 6.45) is 0. The summed E-state index contributed by atoms with van der Waals surface area (Å²) in [6.45, 7) is 24.0. The van der Waals surface area contributed by atoms with Gasteiger partial charge in [-0.3, -0.25) is 0 Å². The molecule has 0 aromatic carbocycles. The molecular formula is C20H68. The molecule has 0 aromatic heterocycles. The highest BCUT2D eigenvalue weighted by Gasteiger charge is 0.942. The SMILES string of the molecule is C.C.C.C.C.C.C.C.CC.CC.CC.CC.CC.CC. The minimum absolute atomic E-state index is 0. The molecule has 0 heterocycles. The van der Waals surface area contributed by atoms with Crippen LogP contribution in [0.25, 0.3) is 0 Å². The van der Waals surface area contributed by atoms with Crippen molar-refractivity contribution >= 4 is 0 Å². The quantitative estimate of drug-likeness (QED) is 0.417. The summed E-state index contributed by atoms with van der Waals surface area (Å²) >= 11 is 0. The van der Waals surface area contributed by atoms with Gasteiger partial charge in [-0.2, -0.15) is 0 Å². The van der Waals surface area contributed by atoms with Gasteiger partial charge in [-0.25, -0.2) is 0 Å². The molecule has 0 unspecified atom stereocenters. The summed E-state index contributed by atoms with van der Waals surface area (Å²) in [4.78, 5) is 0. The Kier molecular flexibility index (Phi) is 0. The van der Waals surface area contributed by atoms with E-state index in [1.165, 1.54) is 0 Å². The van der Waals surface area contributed by atoms with Crippen LogP contribution in [0.5, 0.6) is 0 Å². The Morgan fingerprint density at radius 2 is 0.150 bits per heavy atom. The van der Waals surface area contributed by atoms with Crippen molar-refractivity contribution < 1.29 is 0 Å². The fourth-order valence-electron chi connectivity index (χ4n) is 0. The third-order valence-corrected chi connectivity index (χ3v) is 0. The van der Waals surface area contributed by atoms with Crippen molar-refractivity contribution in [3.63, 3.8) is 0 Å². The van der Waals surface area contributed by atoms with Crippen LogP contribution >= 0.6 is 0 Å². The van der Waals surface area contributed by atoms with Crippen LogP contribution in [0.4, 0.5) is 0 Å². The molecule has 0 amide bonds. The highest BCUT2D eigenvalue weighted by atomic mass is 13.0. The van der Waals surface area contributed by atoms with Gasteiger partial charge in [0.05, 0.1) is 0 Å². The van der Waals surface area contributed by atoms with Crippen LogP contribution in [-0.4, -0.2) is 0 Å². The summed E-state index contributed by atoms with van der Waals surface area (Å²) in [5, 5.41) is 0. The topological polar surface area (TPSA) is 0 Å². The first-order valence-electron chi connectivity index (χ1n) is 6.00. The molecule has 0 nitrogen and oxygen atoms in total. The van der Waals surface area contributed by atoms with E-state index < -0.39 is 0 Å². The Balaban J connectivity index is -0.00000000167. The predicted octanol–water partition coefficient (Wildman–Crippen LogP) is 11.2. The van der Waals surface area contributed by atoms with Gasteiger partial charge in [0.1, 0.15) is 0 Å². The summed E-state index contributed by atoms with van der Waals surface area (Å²) in [7, 11) is 0. The van der Waals surface area contributed by atoms with Crippen LogP contribution in [0.2, 0.25) is 0 Å². The average Bonchev–Trinajstić information content (AvgIpc) is 2.33. The monoisotopic (exact) mass is 309 g/mol. The highest BCUT2D eigenvalue weighted by molar-refractivity contribution is 3.51. The van der Waals surface area contributed by atoms with Gasteiger partial charge >= 0.3 is 0 Å². The highest BCUT2D eigenvalue weighted by Crippen LogP contribution is 1.15. The molecule has 0 saturated heterocycles. The van der Waals surface area contributed by atoms with Gasteiger partial charge in [0.15, 0.2) is 0 Å². The van der Waals surface area contributed by atoms with Gasteiger partial charge in [0.25, 0.3) is 0 Å². The fourth-order valence-corrected chi connectivity index (χ4v) is 0. The molecule has 0 aliphatic carbocycles. The van der Waals surface area contributed by atoms with Gasteiger partial charge < -0.3 is 0 Å². The van der Waals surface area contributed by atoms with Crippen molar-refractivity contribution in [2.45, 2.75) is 142 Å². The molecule has 0 N–H and O–H groups in total. The molecule has 0 fully saturated rings. The smallest absolute Gasteiger partial charge is 0.0683 e. The molecule has 0 atom stereocenters. The molecule has 0 aromatic rings. The van der Waals surface area contributed by atoms with Gasteiger partial charge in [-0.05, 0) is 0 Å². The first-order chi connectivity index (χ1) is 6.00. The lowest BCUT2D eigenvalue weighted by atomic mass is 11.0. The first-order valence-corrected chi connectivity index (χ1v) is 6.00. The van der Waals surface area contributed by atoms with Crippen LogP contribution < -0.4 is 0 Å². The maximum absolute atomic E-state index is 2.00. The third kappa shape index (κ3) is 0. The predicted molar refractivity (Wildman–Crippen MR) is 122 cm³/mol. The Hall–Kier alpha value is 0. The van der Waals surface area contributed by atoms with Crippen molar-refractivity contribution in [2.75, 3.05) is 0 Å². The maximum Gasteiger partial charge on any atom is -0.0683 e. The van der Waals surface area contributed by atoms with Gasteiger partial charge in [0.2, 0.25) is 0 Å². The van der Waals surface area contributed by atoms with Crippen LogP contribution in [0, 0.1) is 0 Å². The zero-order chi connectivity index (χ0) is 12.0. The van der Waals surface area contributed by atoms with E-state index in [2.05, 4.69) is 0 Å². The molecular weight excluding hydrogens is 240 g/mol. The van der Waals surface area contributed by atoms with Crippen LogP contribution in [-0.2, 0) is 0 Å². The average molecular weight is 309 g/mol. The molecule has 0 spiro atoms. The van der Waals surface area contributed by atoms with Gasteiger partial charge in [-0.1, -0.05) is 142 Å². The summed E-state index contributed by atoms with van der Waals surface area (Å²) in [5.41, 5.74) is 0. The summed E-state index contributed by atoms with van der Waals surface area (Å²) < 4.78 is 0. The third-order valence-electron chi connectivity index (χ3n) is 0. The second-order valence-electron chi connectivity index (χ2n) is 0. The molecule has 0 saturated carbocycles. The minimum Gasteiger partial charge on any atom is -0.0776 e. The molecule has 0 rings (SSSR count). The van der Waals surface area contributed by atoms with Crippen molar-refractivity contribution in [3.8, 4) is 0 Å². The van der Waals surface area contributed by atoms with Crippen molar-refractivity contribution in [3.05, 3.63) is 0 Å². The van der Waals surface area contributed by atoms with Crippen molar-refractivity contribution in [1.82, 2.24) is 0 Å². The van der Waals surface area contributed by atoms with E-state index in [1.54, 1.807) is 0 Å². The van der Waals surface area contributed by atoms with Gasteiger partial charge in [-0.15, -0.1) is 0 Å². The molecule has 148 valence electrons. The number of hydrogen-bond acceptors (Lipinski definition) is 0. The fraction of sp³-hybridized carbons (Fsp3) is 1.00. The lowest BCUT2D eigenvalue weighted by Crippen LogP contribution is -0.856. The van der Waals surface area contributed by atoms with E-state index in [-0.39, 0.29) is 59.4 Å². The van der Waals surface area contributed by atoms with Crippen LogP contribution in [0.15, 0.2) is 0 Å². The Morgan fingerprint density at radius 1 is 0.150 bits per heavy atom. The zero-order valence-electron chi connectivity index (χ0n) is 12.0. The number of hydrogen-bond donors (Lipinski definition) is 0. The molecule has 0 heteroatoms. The molecule has 0 bridgehead atoms. The summed E-state index contributed by atoms with van der Waals surface area (Å²) in [6, 6.07) is 0. The van der Waals surface area contributed by atoms with E-state index in [1.807, 2.05) is 83.1 Å². The van der Waals surface area contributed by atoms with E-state index in [0.29, 0.717) is 0 Å². The largest absolute Gasteiger partial charge is 0.0776 e. The number of rotatable bonds is 0. The minimum atomic E-state index is 0. The second kappa shape index (κ2) is 0. The van der Waals surface area contributed by atoms with E-state index in [4.69, 9.17) is 0 Å². The summed E-state index contributed by atoms with van der Waals surface area (Å²) in [5.74, 6) is 0. The molecule has 0 aliphatic heterocycles. The van der Waals surface area contributed by atoms with Crippen molar-refractivity contribution in [2.24, 2.45) is 0 Å².